The number of carboxylic acid groups (broad SMARTS) is 1. The normalized spacial score (nSPS) is 15.3. The van der Waals surface area contributed by atoms with Crippen LogP contribution >= 0.6 is 0 Å². The minimum absolute atomic E-state index is 0.0667. The summed E-state index contributed by atoms with van der Waals surface area (Å²) < 4.78 is 0. The molecular formula is C19H38N8O6. The molecule has 0 heterocycles. The van der Waals surface area contributed by atoms with Gasteiger partial charge in [-0.05, 0) is 52.5 Å². The third-order valence-electron chi connectivity index (χ3n) is 4.62. The van der Waals surface area contributed by atoms with Crippen molar-refractivity contribution in [1.82, 2.24) is 16.0 Å². The van der Waals surface area contributed by atoms with Gasteiger partial charge in [-0.1, -0.05) is 0 Å². The highest BCUT2D eigenvalue weighted by Crippen LogP contribution is 2.06. The average Bonchev–Trinajstić information content (AvgIpc) is 2.72. The van der Waals surface area contributed by atoms with Crippen molar-refractivity contribution in [2.45, 2.75) is 76.2 Å². The Morgan fingerprint density at radius 2 is 1.45 bits per heavy atom. The molecule has 0 bridgehead atoms. The molecule has 0 saturated carbocycles. The number of aliphatic hydroxyl groups excluding tert-OH is 1. The molecule has 0 aliphatic heterocycles. The van der Waals surface area contributed by atoms with Crippen molar-refractivity contribution in [3.63, 3.8) is 0 Å². The summed E-state index contributed by atoms with van der Waals surface area (Å²) in [5, 5.41) is 26.5. The van der Waals surface area contributed by atoms with Crippen LogP contribution < -0.4 is 38.9 Å². The van der Waals surface area contributed by atoms with Gasteiger partial charge in [-0.15, -0.1) is 0 Å². The molecule has 0 aliphatic carbocycles. The van der Waals surface area contributed by atoms with E-state index in [4.69, 9.17) is 22.9 Å². The molecule has 0 aliphatic rings. The molecule has 190 valence electrons. The number of nitrogens with one attached hydrogen (secondary N) is 3. The number of amides is 3. The molecule has 0 aromatic rings. The molecule has 0 aromatic heterocycles. The Labute approximate surface area is 192 Å². The third-order valence-corrected chi connectivity index (χ3v) is 4.62. The fraction of sp³-hybridized carbons (Fsp3) is 0.737. The molecule has 13 N–H and O–H groups in total. The monoisotopic (exact) mass is 474 g/mol. The average molecular weight is 475 g/mol. The number of unbranched alkanes of at least 4 members (excludes halogenated alkanes) is 1. The number of carbonyl (C=O) groups excluding carboxylic acids is 3. The van der Waals surface area contributed by atoms with E-state index in [1.807, 2.05) is 0 Å². The minimum atomic E-state index is -1.38. The van der Waals surface area contributed by atoms with Gasteiger partial charge in [-0.2, -0.15) is 0 Å². The molecule has 14 nitrogen and oxygen atoms in total. The number of aliphatic imine (C=N–C) groups is 1. The predicted octanol–water partition coefficient (Wildman–Crippen LogP) is -3.56. The number of nitrogens with two attached hydrogens (primary N) is 4. The maximum Gasteiger partial charge on any atom is 0.326 e. The van der Waals surface area contributed by atoms with Gasteiger partial charge in [0.25, 0.3) is 0 Å². The predicted molar refractivity (Wildman–Crippen MR) is 122 cm³/mol. The molecule has 0 radical (unpaired) electrons. The summed E-state index contributed by atoms with van der Waals surface area (Å²) in [6.07, 6.45) is 0.301. The van der Waals surface area contributed by atoms with E-state index in [0.29, 0.717) is 19.4 Å². The summed E-state index contributed by atoms with van der Waals surface area (Å²) in [6.45, 7) is 3.25. The highest BCUT2D eigenvalue weighted by atomic mass is 16.4. The van der Waals surface area contributed by atoms with Crippen molar-refractivity contribution in [2.24, 2.45) is 27.9 Å². The Kier molecular flexibility index (Phi) is 14.4. The minimum Gasteiger partial charge on any atom is -0.480 e. The number of carbonyl (C=O) groups is 4. The van der Waals surface area contributed by atoms with Crippen LogP contribution in [0.5, 0.6) is 0 Å². The van der Waals surface area contributed by atoms with Crippen molar-refractivity contribution >= 4 is 29.7 Å². The van der Waals surface area contributed by atoms with Crippen molar-refractivity contribution in [2.75, 3.05) is 13.1 Å². The lowest BCUT2D eigenvalue weighted by Crippen LogP contribution is -2.59. The van der Waals surface area contributed by atoms with E-state index in [0.717, 1.165) is 0 Å². The molecule has 5 unspecified atom stereocenters. The first-order valence-corrected chi connectivity index (χ1v) is 10.7. The number of hydrogen-bond acceptors (Lipinski definition) is 8. The number of aliphatic hydroxyl groups is 1. The maximum absolute atomic E-state index is 12.8. The summed E-state index contributed by atoms with van der Waals surface area (Å²) in [7, 11) is 0. The van der Waals surface area contributed by atoms with Crippen LogP contribution in [0, 0.1) is 0 Å². The molecule has 0 rings (SSSR count). The van der Waals surface area contributed by atoms with E-state index in [1.54, 1.807) is 0 Å². The fourth-order valence-electron chi connectivity index (χ4n) is 2.75. The SMILES string of the molecule is CC(N)C(=O)NC(C(=O)NC(CCCN=C(N)N)C(=O)NC(CCCCN)C(=O)O)C(C)O. The van der Waals surface area contributed by atoms with Crippen molar-refractivity contribution in [3.05, 3.63) is 0 Å². The molecule has 14 heteroatoms. The number of carboxylic acids is 1. The molecule has 3 amide bonds. The second kappa shape index (κ2) is 15.8. The van der Waals surface area contributed by atoms with E-state index in [1.165, 1.54) is 13.8 Å². The van der Waals surface area contributed by atoms with Crippen molar-refractivity contribution < 1.29 is 29.4 Å². The second-order valence-corrected chi connectivity index (χ2v) is 7.71. The Morgan fingerprint density at radius 1 is 0.879 bits per heavy atom. The lowest BCUT2D eigenvalue weighted by molar-refractivity contribution is -0.142. The van der Waals surface area contributed by atoms with Crippen molar-refractivity contribution in [3.8, 4) is 0 Å². The van der Waals surface area contributed by atoms with E-state index < -0.39 is 54.0 Å². The van der Waals surface area contributed by atoms with Crippen LogP contribution in [-0.2, 0) is 19.2 Å². The molecule has 0 spiro atoms. The van der Waals surface area contributed by atoms with E-state index in [-0.39, 0.29) is 31.8 Å². The quantitative estimate of drug-likeness (QED) is 0.0603. The van der Waals surface area contributed by atoms with Gasteiger partial charge < -0.3 is 49.1 Å². The zero-order valence-corrected chi connectivity index (χ0v) is 19.1. The third kappa shape index (κ3) is 12.6. The highest BCUT2D eigenvalue weighted by Gasteiger charge is 2.31. The lowest BCUT2D eigenvalue weighted by Gasteiger charge is -2.26. The maximum atomic E-state index is 12.8. The van der Waals surface area contributed by atoms with E-state index in [2.05, 4.69) is 20.9 Å². The fourth-order valence-corrected chi connectivity index (χ4v) is 2.75. The van der Waals surface area contributed by atoms with Crippen LogP contribution in [0.1, 0.15) is 46.0 Å². The topological polar surface area (TPSA) is 261 Å². The molecule has 33 heavy (non-hydrogen) atoms. The van der Waals surface area contributed by atoms with Gasteiger partial charge >= 0.3 is 5.97 Å². The first kappa shape index (κ1) is 30.0. The Bertz CT molecular complexity index is 681. The van der Waals surface area contributed by atoms with Crippen LogP contribution in [0.25, 0.3) is 0 Å². The summed E-state index contributed by atoms with van der Waals surface area (Å²) in [4.78, 5) is 52.7. The Morgan fingerprint density at radius 3 is 1.94 bits per heavy atom. The van der Waals surface area contributed by atoms with Crippen molar-refractivity contribution in [1.29, 1.82) is 0 Å². The van der Waals surface area contributed by atoms with Gasteiger partial charge in [0.2, 0.25) is 17.7 Å². The molecule has 0 saturated heterocycles. The Balaban J connectivity index is 5.45. The first-order chi connectivity index (χ1) is 15.4. The highest BCUT2D eigenvalue weighted by molar-refractivity contribution is 5.94. The first-order valence-electron chi connectivity index (χ1n) is 10.7. The van der Waals surface area contributed by atoms with Gasteiger partial charge in [0.1, 0.15) is 18.1 Å². The zero-order chi connectivity index (χ0) is 25.6. The van der Waals surface area contributed by atoms with Crippen LogP contribution in [0.2, 0.25) is 0 Å². The number of nitrogens with zero attached hydrogens (tertiary/aromatic N) is 1. The smallest absolute Gasteiger partial charge is 0.326 e. The summed E-state index contributed by atoms with van der Waals surface area (Å²) in [5.41, 5.74) is 21.5. The van der Waals surface area contributed by atoms with Crippen LogP contribution in [0.3, 0.4) is 0 Å². The zero-order valence-electron chi connectivity index (χ0n) is 19.1. The summed E-state index contributed by atoms with van der Waals surface area (Å²) >= 11 is 0. The van der Waals surface area contributed by atoms with Crippen LogP contribution in [-0.4, -0.2) is 83.2 Å². The Hall–Kier alpha value is -2.97. The number of hydrogen-bond donors (Lipinski definition) is 9. The number of guanidine groups is 1. The van der Waals surface area contributed by atoms with Gasteiger partial charge in [0.05, 0.1) is 12.1 Å². The molecule has 0 fully saturated rings. The van der Waals surface area contributed by atoms with Gasteiger partial charge in [0, 0.05) is 6.54 Å². The van der Waals surface area contributed by atoms with Crippen LogP contribution in [0.4, 0.5) is 0 Å². The number of rotatable bonds is 16. The van der Waals surface area contributed by atoms with Gasteiger partial charge in [0.15, 0.2) is 5.96 Å². The second-order valence-electron chi connectivity index (χ2n) is 7.71. The van der Waals surface area contributed by atoms with Crippen LogP contribution in [0.15, 0.2) is 4.99 Å². The van der Waals surface area contributed by atoms with E-state index >= 15 is 0 Å². The number of aliphatic carboxylic acids is 1. The standard InChI is InChI=1S/C19H38N8O6/c1-10(21)15(29)27-14(11(2)28)17(31)25-12(7-5-9-24-19(22)23)16(30)26-13(18(32)33)6-3-4-8-20/h10-14,28H,3-9,20-21H2,1-2H3,(H,25,31)(H,26,30)(H,27,29)(H,32,33)(H4,22,23,24). The summed E-state index contributed by atoms with van der Waals surface area (Å²) in [6, 6.07) is -4.65. The lowest BCUT2D eigenvalue weighted by atomic mass is 10.1. The van der Waals surface area contributed by atoms with E-state index in [9.17, 15) is 29.4 Å². The largest absolute Gasteiger partial charge is 0.480 e. The molecule has 5 atom stereocenters. The summed E-state index contributed by atoms with van der Waals surface area (Å²) in [5.74, 6) is -3.61. The molecule has 0 aromatic carbocycles. The molecular weight excluding hydrogens is 436 g/mol. The van der Waals surface area contributed by atoms with Gasteiger partial charge in [-0.25, -0.2) is 4.79 Å². The van der Waals surface area contributed by atoms with Gasteiger partial charge in [-0.3, -0.25) is 19.4 Å².